The Balaban J connectivity index is 1.58. The van der Waals surface area contributed by atoms with Crippen molar-refractivity contribution in [2.24, 2.45) is 0 Å². The van der Waals surface area contributed by atoms with E-state index in [2.05, 4.69) is 19.8 Å². The maximum Gasteiger partial charge on any atom is 0.469 e. The van der Waals surface area contributed by atoms with Crippen LogP contribution in [0.1, 0.15) is 58.4 Å². The van der Waals surface area contributed by atoms with Crippen molar-refractivity contribution in [3.05, 3.63) is 76.6 Å². The van der Waals surface area contributed by atoms with E-state index < -0.39 is 55.9 Å². The number of nitrogen functional groups attached to an aromatic ring is 1. The number of phosphoric acid groups is 1. The number of anilines is 1. The molecular formula is C26H28F3N4O6P. The first-order valence-electron chi connectivity index (χ1n) is 12.3. The van der Waals surface area contributed by atoms with Crippen LogP contribution in [-0.2, 0) is 9.09 Å². The second-order valence-corrected chi connectivity index (χ2v) is 10.9. The summed E-state index contributed by atoms with van der Waals surface area (Å²) in [7, 11) is -4.93. The first kappa shape index (κ1) is 29.6. The van der Waals surface area contributed by atoms with E-state index >= 15 is 4.39 Å². The van der Waals surface area contributed by atoms with Gasteiger partial charge in [-0.2, -0.15) is 0 Å². The third-order valence-electron chi connectivity index (χ3n) is 6.64. The number of benzene rings is 2. The summed E-state index contributed by atoms with van der Waals surface area (Å²) >= 11 is 0. The van der Waals surface area contributed by atoms with Gasteiger partial charge in [0.2, 0.25) is 0 Å². The molecule has 4 unspecified atom stereocenters. The number of halogens is 3. The van der Waals surface area contributed by atoms with E-state index in [1.807, 2.05) is 0 Å². The van der Waals surface area contributed by atoms with Crippen LogP contribution in [0.5, 0.6) is 0 Å². The highest BCUT2D eigenvalue weighted by molar-refractivity contribution is 7.46. The number of alkyl halides is 1. The summed E-state index contributed by atoms with van der Waals surface area (Å²) in [6, 6.07) is 6.13. The number of nitrogens with two attached hydrogens (primary N) is 1. The molecule has 1 fully saturated rings. The molecule has 0 aliphatic heterocycles. The number of nitrogens with zero attached hydrogens (tertiary/aromatic N) is 2. The van der Waals surface area contributed by atoms with Crippen molar-refractivity contribution in [2.45, 2.75) is 50.4 Å². The van der Waals surface area contributed by atoms with Gasteiger partial charge in [0.15, 0.2) is 0 Å². The Morgan fingerprint density at radius 2 is 1.98 bits per heavy atom. The Labute approximate surface area is 227 Å². The number of hydrogen-bond acceptors (Lipinski definition) is 7. The lowest BCUT2D eigenvalue weighted by Crippen LogP contribution is -2.32. The minimum atomic E-state index is -4.93. The molecule has 0 radical (unpaired) electrons. The molecule has 4 atom stereocenters. The van der Waals surface area contributed by atoms with Gasteiger partial charge in [-0.15, -0.1) is 0 Å². The van der Waals surface area contributed by atoms with Crippen LogP contribution >= 0.6 is 7.82 Å². The zero-order valence-electron chi connectivity index (χ0n) is 21.3. The van der Waals surface area contributed by atoms with Crippen molar-refractivity contribution >= 4 is 19.5 Å². The monoisotopic (exact) mass is 580 g/mol. The molecule has 10 nitrogen and oxygen atoms in total. The summed E-state index contributed by atoms with van der Waals surface area (Å²) in [6.45, 7) is 0.875. The van der Waals surface area contributed by atoms with E-state index in [-0.39, 0.29) is 41.4 Å². The van der Waals surface area contributed by atoms with E-state index in [0.29, 0.717) is 17.7 Å². The summed E-state index contributed by atoms with van der Waals surface area (Å²) in [5.74, 6) is -2.87. The molecule has 1 aliphatic rings. The van der Waals surface area contributed by atoms with Crippen molar-refractivity contribution in [1.82, 2.24) is 15.3 Å². The highest BCUT2D eigenvalue weighted by Crippen LogP contribution is 2.38. The lowest BCUT2D eigenvalue weighted by Gasteiger charge is -2.28. The molecule has 1 heterocycles. The van der Waals surface area contributed by atoms with Gasteiger partial charge in [0, 0.05) is 11.5 Å². The average molecular weight is 581 g/mol. The summed E-state index contributed by atoms with van der Waals surface area (Å²) in [5.41, 5.74) is 6.97. The van der Waals surface area contributed by atoms with Crippen LogP contribution < -0.4 is 11.1 Å². The molecule has 3 aromatic rings. The van der Waals surface area contributed by atoms with Crippen molar-refractivity contribution in [1.29, 1.82) is 0 Å². The largest absolute Gasteiger partial charge is 0.469 e. The molecular weight excluding hydrogens is 552 g/mol. The third kappa shape index (κ3) is 7.23. The second kappa shape index (κ2) is 12.0. The van der Waals surface area contributed by atoms with Gasteiger partial charge in [0.25, 0.3) is 5.91 Å². The first-order valence-corrected chi connectivity index (χ1v) is 13.9. The Bertz CT molecular complexity index is 1440. The lowest BCUT2D eigenvalue weighted by atomic mass is 9.84. The Kier molecular flexibility index (Phi) is 8.91. The first-order chi connectivity index (χ1) is 18.8. The topological polar surface area (TPSA) is 168 Å². The molecule has 6 N–H and O–H groups in total. The summed E-state index contributed by atoms with van der Waals surface area (Å²) in [4.78, 5) is 39.7. The number of nitrogens with one attached hydrogen (secondary N) is 1. The molecule has 2 aromatic carbocycles. The predicted molar refractivity (Wildman–Crippen MR) is 139 cm³/mol. The third-order valence-corrected chi connectivity index (χ3v) is 7.13. The Morgan fingerprint density at radius 3 is 2.62 bits per heavy atom. The number of phosphoric ester groups is 1. The number of carbonyl (C=O) groups is 1. The molecule has 214 valence electrons. The molecule has 40 heavy (non-hydrogen) atoms. The Morgan fingerprint density at radius 1 is 1.23 bits per heavy atom. The van der Waals surface area contributed by atoms with Gasteiger partial charge in [-0.3, -0.25) is 9.32 Å². The van der Waals surface area contributed by atoms with Gasteiger partial charge in [-0.05, 0) is 61.6 Å². The molecule has 1 aromatic heterocycles. The molecule has 14 heteroatoms. The quantitative estimate of drug-likeness (QED) is 0.249. The van der Waals surface area contributed by atoms with Crippen LogP contribution in [0.2, 0.25) is 0 Å². The standard InChI is InChI=1S/C26H28F3N4O6P/c1-13-6-16(8-17(27)7-13)22(12-39-40(36,37)38)33-26(35)18-4-2-15(10-19(18)28)24-25(30)31-11-21(32-24)14-3-5-23(34)20(29)9-14/h2,4,6-8,10-11,14,20,22-23,34H,3,5,9,12H2,1H3,(H2,30,31)(H,33,35)(H2,36,37,38). The van der Waals surface area contributed by atoms with E-state index in [1.54, 1.807) is 6.92 Å². The number of aryl methyl sites for hydroxylation is 1. The summed E-state index contributed by atoms with van der Waals surface area (Å²) in [5, 5.41) is 12.1. The number of aromatic nitrogens is 2. The number of rotatable bonds is 8. The number of amides is 1. The van der Waals surface area contributed by atoms with Crippen LogP contribution in [0, 0.1) is 18.6 Å². The average Bonchev–Trinajstić information content (AvgIpc) is 2.87. The summed E-state index contributed by atoms with van der Waals surface area (Å²) < 4.78 is 59.0. The number of aliphatic hydroxyl groups excluding tert-OH is 1. The fraction of sp³-hybridized carbons (Fsp3) is 0.346. The van der Waals surface area contributed by atoms with Gasteiger partial charge < -0.3 is 25.9 Å². The molecule has 0 spiro atoms. The zero-order valence-corrected chi connectivity index (χ0v) is 22.2. The maximum absolute atomic E-state index is 15.2. The molecule has 1 amide bonds. The fourth-order valence-electron chi connectivity index (χ4n) is 4.63. The van der Waals surface area contributed by atoms with Crippen molar-refractivity contribution in [3.8, 4) is 11.3 Å². The van der Waals surface area contributed by atoms with Crippen LogP contribution in [-0.4, -0.2) is 49.7 Å². The van der Waals surface area contributed by atoms with E-state index in [9.17, 15) is 23.2 Å². The highest BCUT2D eigenvalue weighted by Gasteiger charge is 2.31. The maximum atomic E-state index is 15.2. The van der Waals surface area contributed by atoms with E-state index in [4.69, 9.17) is 15.5 Å². The molecule has 1 aliphatic carbocycles. The molecule has 0 saturated heterocycles. The van der Waals surface area contributed by atoms with E-state index in [0.717, 1.165) is 12.1 Å². The number of hydrogen-bond donors (Lipinski definition) is 5. The van der Waals surface area contributed by atoms with Gasteiger partial charge in [0.1, 0.15) is 29.3 Å². The summed E-state index contributed by atoms with van der Waals surface area (Å²) in [6.07, 6.45) is -0.196. The van der Waals surface area contributed by atoms with Gasteiger partial charge >= 0.3 is 7.82 Å². The molecule has 1 saturated carbocycles. The minimum Gasteiger partial charge on any atom is -0.390 e. The van der Waals surface area contributed by atoms with E-state index in [1.165, 1.54) is 30.5 Å². The van der Waals surface area contributed by atoms with Crippen molar-refractivity contribution in [2.75, 3.05) is 12.3 Å². The van der Waals surface area contributed by atoms with Crippen molar-refractivity contribution in [3.63, 3.8) is 0 Å². The Hall–Kier alpha value is -3.35. The minimum absolute atomic E-state index is 0.0101. The SMILES string of the molecule is Cc1cc(F)cc(C(COP(=O)(O)O)NC(=O)c2ccc(-c3nc(C4CCC(O)C(F)C4)cnc3N)cc2F)c1. The van der Waals surface area contributed by atoms with Crippen LogP contribution in [0.15, 0.2) is 42.6 Å². The van der Waals surface area contributed by atoms with Crippen molar-refractivity contribution < 1.29 is 41.9 Å². The van der Waals surface area contributed by atoms with Gasteiger partial charge in [0.05, 0.1) is 36.2 Å². The van der Waals surface area contributed by atoms with Crippen LogP contribution in [0.4, 0.5) is 19.0 Å². The normalized spacial score (nSPS) is 20.2. The molecule has 0 bridgehead atoms. The molecule has 4 rings (SSSR count). The van der Waals surface area contributed by atoms with Crippen LogP contribution in [0.3, 0.4) is 0 Å². The zero-order chi connectivity index (χ0) is 29.2. The lowest BCUT2D eigenvalue weighted by molar-refractivity contribution is 0.0363. The van der Waals surface area contributed by atoms with Gasteiger partial charge in [-0.25, -0.2) is 27.7 Å². The second-order valence-electron chi connectivity index (χ2n) is 9.69. The predicted octanol–water partition coefficient (Wildman–Crippen LogP) is 3.86. The fourth-order valence-corrected chi connectivity index (χ4v) is 4.97. The smallest absolute Gasteiger partial charge is 0.390 e. The van der Waals surface area contributed by atoms with Crippen LogP contribution in [0.25, 0.3) is 11.3 Å². The number of carbonyl (C=O) groups excluding carboxylic acids is 1. The number of aliphatic hydroxyl groups is 1. The van der Waals surface area contributed by atoms with Gasteiger partial charge in [-0.1, -0.05) is 12.1 Å². The highest BCUT2D eigenvalue weighted by atomic mass is 31.2.